The van der Waals surface area contributed by atoms with E-state index in [1.54, 1.807) is 24.7 Å². The van der Waals surface area contributed by atoms with Gasteiger partial charge in [-0.25, -0.2) is 9.97 Å². The zero-order chi connectivity index (χ0) is 20.9. The minimum atomic E-state index is -0.475. The maximum Gasteiger partial charge on any atom is 0.306 e. The summed E-state index contributed by atoms with van der Waals surface area (Å²) in [5, 5.41) is 3.11. The van der Waals surface area contributed by atoms with Crippen LogP contribution in [0.5, 0.6) is 0 Å². The lowest BCUT2D eigenvalue weighted by Gasteiger charge is -2.19. The van der Waals surface area contributed by atoms with Crippen molar-refractivity contribution in [1.29, 1.82) is 0 Å². The molecule has 0 spiro atoms. The van der Waals surface area contributed by atoms with Crippen molar-refractivity contribution in [3.05, 3.63) is 60.6 Å². The number of aromatic nitrogens is 3. The number of ether oxygens (including phenoxy) is 1. The summed E-state index contributed by atoms with van der Waals surface area (Å²) in [4.78, 5) is 24.8. The van der Waals surface area contributed by atoms with Crippen molar-refractivity contribution in [3.8, 4) is 11.3 Å². The second-order valence-electron chi connectivity index (χ2n) is 7.67. The normalized spacial score (nSPS) is 11.1. The fourth-order valence-electron chi connectivity index (χ4n) is 2.78. The number of hydrogen-bond donors (Lipinski definition) is 2. The van der Waals surface area contributed by atoms with Gasteiger partial charge in [0.1, 0.15) is 17.2 Å². The Hall–Kier alpha value is -3.48. The summed E-state index contributed by atoms with van der Waals surface area (Å²) >= 11 is 0. The Morgan fingerprint density at radius 2 is 1.97 bits per heavy atom. The van der Waals surface area contributed by atoms with Crippen LogP contribution in [0.25, 0.3) is 11.3 Å². The number of aryl methyl sites for hydroxylation is 1. The Kier molecular flexibility index (Phi) is 6.07. The summed E-state index contributed by atoms with van der Waals surface area (Å²) in [5.41, 5.74) is 8.86. The molecule has 3 N–H and O–H groups in total. The minimum Gasteiger partial charge on any atom is -0.460 e. The summed E-state index contributed by atoms with van der Waals surface area (Å²) in [6, 6.07) is 11.5. The molecule has 0 saturated carbocycles. The molecule has 2 aromatic heterocycles. The largest absolute Gasteiger partial charge is 0.460 e. The van der Waals surface area contributed by atoms with Crippen molar-refractivity contribution in [3.63, 3.8) is 0 Å². The lowest BCUT2D eigenvalue weighted by Crippen LogP contribution is -2.24. The van der Waals surface area contributed by atoms with Crippen molar-refractivity contribution >= 4 is 23.3 Å². The Labute approximate surface area is 170 Å². The van der Waals surface area contributed by atoms with Crippen molar-refractivity contribution in [1.82, 2.24) is 15.0 Å². The first-order valence-corrected chi connectivity index (χ1v) is 9.40. The molecule has 0 fully saturated rings. The molecule has 0 aliphatic heterocycles. The van der Waals surface area contributed by atoms with E-state index in [4.69, 9.17) is 10.5 Å². The van der Waals surface area contributed by atoms with E-state index in [0.717, 1.165) is 16.8 Å². The predicted octanol–water partition coefficient (Wildman–Crippen LogP) is 4.14. The van der Waals surface area contributed by atoms with Crippen LogP contribution in [0.3, 0.4) is 0 Å². The average Bonchev–Trinajstić information content (AvgIpc) is 2.66. The van der Waals surface area contributed by atoms with Gasteiger partial charge in [0, 0.05) is 36.1 Å². The Morgan fingerprint density at radius 1 is 1.14 bits per heavy atom. The molecule has 29 heavy (non-hydrogen) atoms. The minimum absolute atomic E-state index is 0.208. The summed E-state index contributed by atoms with van der Waals surface area (Å²) in [6.45, 7) is 5.59. The molecule has 0 aliphatic carbocycles. The van der Waals surface area contributed by atoms with Gasteiger partial charge in [-0.1, -0.05) is 18.2 Å². The summed E-state index contributed by atoms with van der Waals surface area (Å²) in [5.74, 6) is 0.961. The fourth-order valence-corrected chi connectivity index (χ4v) is 2.78. The highest BCUT2D eigenvalue weighted by Crippen LogP contribution is 2.25. The number of rotatable bonds is 6. The van der Waals surface area contributed by atoms with Crippen LogP contribution in [-0.2, 0) is 16.0 Å². The molecule has 0 atom stereocenters. The Bertz CT molecular complexity index is 984. The van der Waals surface area contributed by atoms with Gasteiger partial charge in [0.2, 0.25) is 0 Å². The van der Waals surface area contributed by atoms with Crippen LogP contribution in [0.4, 0.5) is 17.3 Å². The molecule has 3 rings (SSSR count). The summed E-state index contributed by atoms with van der Waals surface area (Å²) in [7, 11) is 0. The molecule has 0 saturated heterocycles. The standard InChI is InChI=1S/C22H25N5O2/c1-22(2,3)29-21(28)8-7-15-5-4-6-16(11-15)18-12-17(23)13-19(26-18)27-20-14-24-9-10-25-20/h4-6,9-14H,7-8H2,1-3H3,(H3,23,25,26,27). The highest BCUT2D eigenvalue weighted by molar-refractivity contribution is 5.71. The molecule has 0 aliphatic rings. The van der Waals surface area contributed by atoms with E-state index in [9.17, 15) is 4.79 Å². The third kappa shape index (κ3) is 6.27. The zero-order valence-corrected chi connectivity index (χ0v) is 16.8. The number of pyridine rings is 1. The van der Waals surface area contributed by atoms with Crippen LogP contribution in [0.15, 0.2) is 55.0 Å². The number of nitrogens with two attached hydrogens (primary N) is 1. The molecule has 0 bridgehead atoms. The molecule has 2 heterocycles. The van der Waals surface area contributed by atoms with E-state index >= 15 is 0 Å². The Balaban J connectivity index is 1.75. The second kappa shape index (κ2) is 8.68. The lowest BCUT2D eigenvalue weighted by atomic mass is 10.0. The van der Waals surface area contributed by atoms with Gasteiger partial charge < -0.3 is 15.8 Å². The zero-order valence-electron chi connectivity index (χ0n) is 16.8. The summed E-state index contributed by atoms with van der Waals surface area (Å²) in [6.07, 6.45) is 5.73. The second-order valence-corrected chi connectivity index (χ2v) is 7.67. The smallest absolute Gasteiger partial charge is 0.306 e. The van der Waals surface area contributed by atoms with Crippen molar-refractivity contribution < 1.29 is 9.53 Å². The molecule has 1 aromatic carbocycles. The highest BCUT2D eigenvalue weighted by Gasteiger charge is 2.16. The van der Waals surface area contributed by atoms with Gasteiger partial charge in [-0.15, -0.1) is 0 Å². The van der Waals surface area contributed by atoms with Gasteiger partial charge in [0.25, 0.3) is 0 Å². The maximum absolute atomic E-state index is 12.0. The summed E-state index contributed by atoms with van der Waals surface area (Å²) < 4.78 is 5.38. The van der Waals surface area contributed by atoms with Crippen LogP contribution in [0.2, 0.25) is 0 Å². The number of nitrogens with one attached hydrogen (secondary N) is 1. The van der Waals surface area contributed by atoms with Crippen LogP contribution in [0, 0.1) is 0 Å². The third-order valence-electron chi connectivity index (χ3n) is 3.93. The van der Waals surface area contributed by atoms with Gasteiger partial charge in [-0.3, -0.25) is 9.78 Å². The first kappa shape index (κ1) is 20.3. The van der Waals surface area contributed by atoms with Crippen LogP contribution >= 0.6 is 0 Å². The van der Waals surface area contributed by atoms with Crippen LogP contribution in [0.1, 0.15) is 32.8 Å². The molecule has 0 unspecified atom stereocenters. The van der Waals surface area contributed by atoms with Gasteiger partial charge in [-0.2, -0.15) is 0 Å². The molecule has 150 valence electrons. The van der Waals surface area contributed by atoms with Gasteiger partial charge in [0.05, 0.1) is 11.9 Å². The molecule has 3 aromatic rings. The Morgan fingerprint density at radius 3 is 2.69 bits per heavy atom. The molecular formula is C22H25N5O2. The number of benzene rings is 1. The number of esters is 1. The molecule has 7 nitrogen and oxygen atoms in total. The van der Waals surface area contributed by atoms with Crippen molar-refractivity contribution in [2.24, 2.45) is 0 Å². The maximum atomic E-state index is 12.0. The van der Waals surface area contributed by atoms with Crippen LogP contribution in [-0.4, -0.2) is 26.5 Å². The topological polar surface area (TPSA) is 103 Å². The number of carbonyl (C=O) groups excluding carboxylic acids is 1. The first-order chi connectivity index (χ1) is 13.8. The molecule has 7 heteroatoms. The van der Waals surface area contributed by atoms with E-state index < -0.39 is 5.60 Å². The van der Waals surface area contributed by atoms with Gasteiger partial charge in [-0.05, 0) is 44.9 Å². The van der Waals surface area contributed by atoms with Crippen LogP contribution < -0.4 is 11.1 Å². The first-order valence-electron chi connectivity index (χ1n) is 9.40. The monoisotopic (exact) mass is 391 g/mol. The van der Waals surface area contributed by atoms with E-state index in [-0.39, 0.29) is 5.97 Å². The van der Waals surface area contributed by atoms with E-state index in [1.807, 2.05) is 51.1 Å². The predicted molar refractivity (Wildman–Crippen MR) is 114 cm³/mol. The molecule has 0 radical (unpaired) electrons. The molecular weight excluding hydrogens is 366 g/mol. The quantitative estimate of drug-likeness (QED) is 0.609. The van der Waals surface area contributed by atoms with Gasteiger partial charge >= 0.3 is 5.97 Å². The van der Waals surface area contributed by atoms with Crippen molar-refractivity contribution in [2.45, 2.75) is 39.2 Å². The molecule has 0 amide bonds. The SMILES string of the molecule is CC(C)(C)OC(=O)CCc1cccc(-c2cc(N)cc(Nc3cnccn3)n2)c1. The highest BCUT2D eigenvalue weighted by atomic mass is 16.6. The fraction of sp³-hybridized carbons (Fsp3) is 0.273. The number of carbonyl (C=O) groups is 1. The van der Waals surface area contributed by atoms with E-state index in [0.29, 0.717) is 30.2 Å². The van der Waals surface area contributed by atoms with Crippen molar-refractivity contribution in [2.75, 3.05) is 11.1 Å². The number of hydrogen-bond acceptors (Lipinski definition) is 7. The average molecular weight is 391 g/mol. The third-order valence-corrected chi connectivity index (χ3v) is 3.93. The van der Waals surface area contributed by atoms with Gasteiger partial charge in [0.15, 0.2) is 0 Å². The number of nitrogen functional groups attached to an aromatic ring is 1. The number of anilines is 3. The van der Waals surface area contributed by atoms with E-state index in [1.165, 1.54) is 0 Å². The van der Waals surface area contributed by atoms with E-state index in [2.05, 4.69) is 20.3 Å². The number of nitrogens with zero attached hydrogens (tertiary/aromatic N) is 3. The lowest BCUT2D eigenvalue weighted by molar-refractivity contribution is -0.154.